The third-order valence-corrected chi connectivity index (χ3v) is 5.03. The summed E-state index contributed by atoms with van der Waals surface area (Å²) in [5.41, 5.74) is -0.742. The van der Waals surface area contributed by atoms with Gasteiger partial charge in [0.1, 0.15) is 11.2 Å². The number of aliphatic hydroxyl groups is 1. The van der Waals surface area contributed by atoms with E-state index in [1.165, 1.54) is 24.3 Å². The normalized spacial score (nSPS) is 30.8. The van der Waals surface area contributed by atoms with Crippen molar-refractivity contribution in [2.24, 2.45) is 5.41 Å². The first kappa shape index (κ1) is 13.0. The summed E-state index contributed by atoms with van der Waals surface area (Å²) in [5, 5.41) is 17.5. The number of nitriles is 1. The summed E-state index contributed by atoms with van der Waals surface area (Å²) in [6.07, 6.45) is 1.04. The van der Waals surface area contributed by atoms with Crippen LogP contribution in [0.3, 0.4) is 0 Å². The number of nitrogens with zero attached hydrogens (tertiary/aromatic N) is 1. The van der Waals surface area contributed by atoms with Crippen LogP contribution in [0.4, 0.5) is 4.39 Å². The maximum atomic E-state index is 12.8. The molecule has 0 aliphatic heterocycles. The van der Waals surface area contributed by atoms with Crippen LogP contribution >= 0.6 is 0 Å². The number of sulfone groups is 1. The van der Waals surface area contributed by atoms with E-state index in [0.717, 1.165) is 6.26 Å². The van der Waals surface area contributed by atoms with Gasteiger partial charge in [-0.05, 0) is 17.7 Å². The lowest BCUT2D eigenvalue weighted by molar-refractivity contribution is 0.242. The van der Waals surface area contributed by atoms with Crippen LogP contribution in [-0.2, 0) is 9.84 Å². The van der Waals surface area contributed by atoms with Crippen LogP contribution in [0, 0.1) is 22.6 Å². The summed E-state index contributed by atoms with van der Waals surface area (Å²) in [4.78, 5) is 0. The highest BCUT2D eigenvalue weighted by Gasteiger charge is 2.70. The lowest BCUT2D eigenvalue weighted by Gasteiger charge is -2.03. The van der Waals surface area contributed by atoms with Crippen molar-refractivity contribution in [3.63, 3.8) is 0 Å². The van der Waals surface area contributed by atoms with E-state index >= 15 is 0 Å². The molecule has 1 fully saturated rings. The Bertz CT molecular complexity index is 605. The second kappa shape index (κ2) is 4.04. The Morgan fingerprint density at radius 1 is 1.44 bits per heavy atom. The fourth-order valence-corrected chi connectivity index (χ4v) is 4.39. The van der Waals surface area contributed by atoms with Crippen LogP contribution in [0.15, 0.2) is 24.3 Å². The van der Waals surface area contributed by atoms with Crippen molar-refractivity contribution in [3.05, 3.63) is 35.6 Å². The van der Waals surface area contributed by atoms with Gasteiger partial charge >= 0.3 is 0 Å². The third kappa shape index (κ3) is 1.80. The monoisotopic (exact) mass is 269 g/mol. The standard InChI is InChI=1S/C12H12FNO3S/c1-18(16,17)11-10(12(11,6-14)7-15)8-2-4-9(13)5-3-8/h2-5,10-11,15H,7H2,1H3/t10-,11-,12+/m0/s1. The molecule has 0 bridgehead atoms. The van der Waals surface area contributed by atoms with E-state index < -0.39 is 38.8 Å². The van der Waals surface area contributed by atoms with Gasteiger partial charge in [-0.3, -0.25) is 0 Å². The van der Waals surface area contributed by atoms with Crippen molar-refractivity contribution in [2.75, 3.05) is 12.9 Å². The molecule has 0 aromatic heterocycles. The van der Waals surface area contributed by atoms with Gasteiger partial charge in [0.2, 0.25) is 0 Å². The average molecular weight is 269 g/mol. The predicted octanol–water partition coefficient (Wildman–Crippen LogP) is 0.838. The van der Waals surface area contributed by atoms with Crippen molar-refractivity contribution in [2.45, 2.75) is 11.2 Å². The van der Waals surface area contributed by atoms with E-state index in [0.29, 0.717) is 5.56 Å². The van der Waals surface area contributed by atoms with E-state index in [2.05, 4.69) is 0 Å². The number of rotatable bonds is 3. The van der Waals surface area contributed by atoms with Crippen LogP contribution < -0.4 is 0 Å². The van der Waals surface area contributed by atoms with Gasteiger partial charge in [0.15, 0.2) is 9.84 Å². The zero-order chi connectivity index (χ0) is 13.6. The number of hydrogen-bond donors (Lipinski definition) is 1. The van der Waals surface area contributed by atoms with Crippen molar-refractivity contribution >= 4 is 9.84 Å². The van der Waals surface area contributed by atoms with Crippen molar-refractivity contribution < 1.29 is 17.9 Å². The first-order valence-corrected chi connectivity index (χ1v) is 7.28. The molecule has 1 aliphatic carbocycles. The molecule has 1 aromatic rings. The number of benzene rings is 1. The molecule has 0 amide bonds. The summed E-state index contributed by atoms with van der Waals surface area (Å²) in [6.45, 7) is -0.525. The summed E-state index contributed by atoms with van der Waals surface area (Å²) in [7, 11) is -3.45. The van der Waals surface area contributed by atoms with E-state index in [1.54, 1.807) is 0 Å². The number of hydrogen-bond acceptors (Lipinski definition) is 4. The van der Waals surface area contributed by atoms with Crippen molar-refractivity contribution in [1.29, 1.82) is 5.26 Å². The molecule has 0 radical (unpaired) electrons. The zero-order valence-corrected chi connectivity index (χ0v) is 10.5. The third-order valence-electron chi connectivity index (χ3n) is 3.42. The first-order chi connectivity index (χ1) is 8.36. The average Bonchev–Trinajstić information content (AvgIpc) is 3.00. The molecule has 1 saturated carbocycles. The SMILES string of the molecule is CS(=O)(=O)[C@H]1[C@H](c2ccc(F)cc2)[C@@]1(C#N)CO. The summed E-state index contributed by atoms with van der Waals surface area (Å²) in [5.74, 6) is -1.02. The largest absolute Gasteiger partial charge is 0.395 e. The maximum absolute atomic E-state index is 12.8. The smallest absolute Gasteiger partial charge is 0.152 e. The molecule has 0 unspecified atom stereocenters. The molecule has 18 heavy (non-hydrogen) atoms. The van der Waals surface area contributed by atoms with Crippen LogP contribution in [0.2, 0.25) is 0 Å². The maximum Gasteiger partial charge on any atom is 0.152 e. The molecule has 6 heteroatoms. The van der Waals surface area contributed by atoms with Gasteiger partial charge < -0.3 is 5.11 Å². The van der Waals surface area contributed by atoms with E-state index in [9.17, 15) is 17.9 Å². The summed E-state index contributed by atoms with van der Waals surface area (Å²) >= 11 is 0. The zero-order valence-electron chi connectivity index (χ0n) is 9.67. The van der Waals surface area contributed by atoms with Crippen LogP contribution in [-0.4, -0.2) is 31.6 Å². The fraction of sp³-hybridized carbons (Fsp3) is 0.417. The highest BCUT2D eigenvalue weighted by molar-refractivity contribution is 7.91. The molecule has 4 nitrogen and oxygen atoms in total. The molecule has 1 N–H and O–H groups in total. The van der Waals surface area contributed by atoms with E-state index in [1.807, 2.05) is 6.07 Å². The quantitative estimate of drug-likeness (QED) is 0.882. The Balaban J connectivity index is 2.46. The number of aliphatic hydroxyl groups excluding tert-OH is 1. The molecule has 1 aliphatic rings. The summed E-state index contributed by atoms with van der Waals surface area (Å²) < 4.78 is 36.1. The minimum Gasteiger partial charge on any atom is -0.395 e. The first-order valence-electron chi connectivity index (χ1n) is 5.33. The minimum atomic E-state index is -3.45. The Morgan fingerprint density at radius 2 is 2.00 bits per heavy atom. The van der Waals surface area contributed by atoms with Gasteiger partial charge in [-0.25, -0.2) is 12.8 Å². The summed E-state index contributed by atoms with van der Waals surface area (Å²) in [6, 6.07) is 7.23. The lowest BCUT2D eigenvalue weighted by Crippen LogP contribution is -2.16. The van der Waals surface area contributed by atoms with Gasteiger partial charge in [0, 0.05) is 12.2 Å². The van der Waals surface area contributed by atoms with Crippen molar-refractivity contribution in [3.8, 4) is 6.07 Å². The van der Waals surface area contributed by atoms with Crippen LogP contribution in [0.5, 0.6) is 0 Å². The highest BCUT2D eigenvalue weighted by Crippen LogP contribution is 2.62. The van der Waals surface area contributed by atoms with Gasteiger partial charge in [-0.15, -0.1) is 0 Å². The minimum absolute atomic E-state index is 0.429. The second-order valence-electron chi connectivity index (χ2n) is 4.59. The van der Waals surface area contributed by atoms with Gasteiger partial charge in [0.25, 0.3) is 0 Å². The van der Waals surface area contributed by atoms with Gasteiger partial charge in [0.05, 0.1) is 17.9 Å². The Morgan fingerprint density at radius 3 is 2.33 bits per heavy atom. The Kier molecular flexibility index (Phi) is 2.92. The highest BCUT2D eigenvalue weighted by atomic mass is 32.2. The van der Waals surface area contributed by atoms with Crippen LogP contribution in [0.25, 0.3) is 0 Å². The molecule has 1 aromatic carbocycles. The van der Waals surface area contributed by atoms with Crippen LogP contribution in [0.1, 0.15) is 11.5 Å². The predicted molar refractivity (Wildman–Crippen MR) is 62.9 cm³/mol. The number of halogens is 1. The van der Waals surface area contributed by atoms with Crippen molar-refractivity contribution in [1.82, 2.24) is 0 Å². The van der Waals surface area contributed by atoms with E-state index in [-0.39, 0.29) is 0 Å². The molecular formula is C12H12FNO3S. The Labute approximate surface area is 105 Å². The Hall–Kier alpha value is -1.45. The fourth-order valence-electron chi connectivity index (χ4n) is 2.53. The molecule has 0 spiro atoms. The topological polar surface area (TPSA) is 78.2 Å². The van der Waals surface area contributed by atoms with Gasteiger partial charge in [-0.1, -0.05) is 12.1 Å². The molecule has 3 atom stereocenters. The second-order valence-corrected chi connectivity index (χ2v) is 6.76. The molecule has 0 heterocycles. The molecule has 0 saturated heterocycles. The molecule has 96 valence electrons. The molecular weight excluding hydrogens is 257 g/mol. The van der Waals surface area contributed by atoms with Gasteiger partial charge in [-0.2, -0.15) is 5.26 Å². The molecule has 2 rings (SSSR count). The van der Waals surface area contributed by atoms with E-state index in [4.69, 9.17) is 5.26 Å². The lowest BCUT2D eigenvalue weighted by atomic mass is 10.0.